The molecule has 0 fully saturated rings. The molecule has 0 amide bonds. The molecule has 28 valence electrons. The van der Waals surface area contributed by atoms with E-state index in [1.165, 1.54) is 0 Å². The zero-order valence-electron chi connectivity index (χ0n) is 1.53. The van der Waals surface area contributed by atoms with Crippen LogP contribution in [-0.2, 0) is 38.7 Å². The Balaban J connectivity index is 0. The predicted molar refractivity (Wildman–Crippen MR) is 6.54 cm³/mol. The van der Waals surface area contributed by atoms with Gasteiger partial charge in [-0.1, -0.05) is 0 Å². The first-order valence-electron chi connectivity index (χ1n) is 0.262. The van der Waals surface area contributed by atoms with Crippen LogP contribution in [0.1, 0.15) is 0 Å². The number of halogens is 1. The Morgan fingerprint density at radius 3 is 1.75 bits per heavy atom. The minimum absolute atomic E-state index is 0. The first-order chi connectivity index (χ1) is 1.41. The van der Waals surface area contributed by atoms with Gasteiger partial charge in [-0.25, -0.2) is 0 Å². The van der Waals surface area contributed by atoms with E-state index in [9.17, 15) is 0 Å². The first kappa shape index (κ1) is 8.99. The average Bonchev–Trinajstić information content (AvgIpc) is 0.918. The molecule has 0 N–H and O–H groups in total. The third-order valence-corrected chi connectivity index (χ3v) is 0. The SMILES string of the molecule is [Mo].[O]=[Co][Cl]. The van der Waals surface area contributed by atoms with Crippen LogP contribution in [0.3, 0.4) is 0 Å². The number of hydrogen-bond acceptors (Lipinski definition) is 1. The normalized spacial score (nSPS) is 5.25. The molecule has 0 radical (unpaired) electrons. The Hall–Kier alpha value is 1.28. The van der Waals surface area contributed by atoms with Gasteiger partial charge in [0.05, 0.1) is 0 Å². The molecular formula is ClCoMoO. The second kappa shape index (κ2) is 8.86. The maximum absolute atomic E-state index is 8.66. The van der Waals surface area contributed by atoms with Crippen LogP contribution in [0.25, 0.3) is 0 Å². The summed E-state index contributed by atoms with van der Waals surface area (Å²) in [7, 11) is 4.41. The molecule has 0 aliphatic rings. The Morgan fingerprint density at radius 2 is 1.75 bits per heavy atom. The van der Waals surface area contributed by atoms with Crippen LogP contribution in [-0.4, -0.2) is 0 Å². The van der Waals surface area contributed by atoms with Crippen LogP contribution in [0.2, 0.25) is 0 Å². The van der Waals surface area contributed by atoms with Crippen molar-refractivity contribution < 1.29 is 38.7 Å². The van der Waals surface area contributed by atoms with Gasteiger partial charge in [-0.2, -0.15) is 0 Å². The third-order valence-electron chi connectivity index (χ3n) is 0. The molecule has 0 aromatic carbocycles. The maximum atomic E-state index is 8.66. The van der Waals surface area contributed by atoms with Gasteiger partial charge in [0.25, 0.3) is 0 Å². The molecule has 0 aliphatic carbocycles. The summed E-state index contributed by atoms with van der Waals surface area (Å²) >= 11 is -0.340. The van der Waals surface area contributed by atoms with Gasteiger partial charge in [0.15, 0.2) is 0 Å². The Bertz CT molecular complexity index is 15.5. The van der Waals surface area contributed by atoms with E-state index in [0.29, 0.717) is 0 Å². The van der Waals surface area contributed by atoms with E-state index in [0.717, 1.165) is 0 Å². The van der Waals surface area contributed by atoms with Crippen LogP contribution in [0.15, 0.2) is 0 Å². The summed E-state index contributed by atoms with van der Waals surface area (Å²) in [6, 6.07) is 0. The summed E-state index contributed by atoms with van der Waals surface area (Å²) < 4.78 is 8.66. The Morgan fingerprint density at radius 1 is 1.75 bits per heavy atom. The summed E-state index contributed by atoms with van der Waals surface area (Å²) in [5.74, 6) is 0. The summed E-state index contributed by atoms with van der Waals surface area (Å²) in [4.78, 5) is 0. The van der Waals surface area contributed by atoms with Crippen LogP contribution in [0.4, 0.5) is 0 Å². The van der Waals surface area contributed by atoms with Crippen molar-refractivity contribution in [3.8, 4) is 0 Å². The van der Waals surface area contributed by atoms with Crippen LogP contribution < -0.4 is 0 Å². The van der Waals surface area contributed by atoms with Gasteiger partial charge in [-0.05, 0) is 0 Å². The molecule has 4 heavy (non-hydrogen) atoms. The van der Waals surface area contributed by atoms with Crippen molar-refractivity contribution in [2.45, 2.75) is 0 Å². The molecule has 0 saturated carbocycles. The molecular weight excluding hydrogens is 206 g/mol. The van der Waals surface area contributed by atoms with Gasteiger partial charge in [0, 0.05) is 21.1 Å². The molecule has 0 heterocycles. The Kier molecular flexibility index (Phi) is 19.9. The van der Waals surface area contributed by atoms with Crippen molar-refractivity contribution in [3.63, 3.8) is 0 Å². The van der Waals surface area contributed by atoms with E-state index in [4.69, 9.17) is 3.87 Å². The van der Waals surface area contributed by atoms with Crippen LogP contribution in [0, 0.1) is 0 Å². The van der Waals surface area contributed by atoms with Gasteiger partial charge < -0.3 is 0 Å². The topological polar surface area (TPSA) is 17.1 Å². The summed E-state index contributed by atoms with van der Waals surface area (Å²) in [5, 5.41) is 0. The second-order valence-electron chi connectivity index (χ2n) is 0.0514. The van der Waals surface area contributed by atoms with Gasteiger partial charge in [0.2, 0.25) is 0 Å². The monoisotopic (exact) mass is 208 g/mol. The van der Waals surface area contributed by atoms with Crippen LogP contribution in [0.5, 0.6) is 0 Å². The van der Waals surface area contributed by atoms with E-state index >= 15 is 0 Å². The van der Waals surface area contributed by atoms with Gasteiger partial charge in [0.1, 0.15) is 0 Å². The standard InChI is InChI=1S/ClH.Co.Mo.O/h1H;;;/q;+1;;/p-1. The van der Waals surface area contributed by atoms with Gasteiger partial charge >= 0.3 is 27.7 Å². The Labute approximate surface area is 48.8 Å². The van der Waals surface area contributed by atoms with E-state index < -0.39 is 0 Å². The van der Waals surface area contributed by atoms with E-state index in [2.05, 4.69) is 10.1 Å². The van der Waals surface area contributed by atoms with Crippen molar-refractivity contribution >= 4 is 10.1 Å². The van der Waals surface area contributed by atoms with E-state index in [1.54, 1.807) is 0 Å². The van der Waals surface area contributed by atoms with Crippen molar-refractivity contribution in [2.24, 2.45) is 0 Å². The quantitative estimate of drug-likeness (QED) is 0.530. The summed E-state index contributed by atoms with van der Waals surface area (Å²) in [6.07, 6.45) is 0. The molecule has 0 spiro atoms. The molecule has 0 atom stereocenters. The molecule has 0 aromatic rings. The minimum atomic E-state index is -0.340. The third kappa shape index (κ3) is 10.4. The summed E-state index contributed by atoms with van der Waals surface area (Å²) in [5.41, 5.74) is 0. The predicted octanol–water partition coefficient (Wildman–Crippen LogP) is 0.566. The molecule has 0 aliphatic heterocycles. The molecule has 0 bridgehead atoms. The fourth-order valence-corrected chi connectivity index (χ4v) is 0. The fraction of sp³-hybridized carbons (Fsp3) is 0. The second-order valence-corrected chi connectivity index (χ2v) is 0.636. The first-order valence-corrected chi connectivity index (χ1v) is 2.12. The molecule has 4 heteroatoms. The molecule has 0 rings (SSSR count). The van der Waals surface area contributed by atoms with Crippen molar-refractivity contribution in [2.75, 3.05) is 0 Å². The van der Waals surface area contributed by atoms with E-state index in [1.807, 2.05) is 0 Å². The number of hydrogen-bond donors (Lipinski definition) is 0. The molecule has 0 aromatic heterocycles. The molecule has 0 unspecified atom stereocenters. The molecule has 0 saturated heterocycles. The summed E-state index contributed by atoms with van der Waals surface area (Å²) in [6.45, 7) is 0. The van der Waals surface area contributed by atoms with E-state index in [-0.39, 0.29) is 34.8 Å². The van der Waals surface area contributed by atoms with Gasteiger partial charge in [-0.15, -0.1) is 0 Å². The van der Waals surface area contributed by atoms with Crippen molar-refractivity contribution in [1.82, 2.24) is 0 Å². The van der Waals surface area contributed by atoms with Crippen molar-refractivity contribution in [1.29, 1.82) is 0 Å². The molecule has 1 nitrogen and oxygen atoms in total. The fourth-order valence-electron chi connectivity index (χ4n) is 0. The van der Waals surface area contributed by atoms with Crippen molar-refractivity contribution in [3.05, 3.63) is 0 Å². The zero-order valence-corrected chi connectivity index (χ0v) is 5.33. The zero-order chi connectivity index (χ0) is 2.71. The average molecular weight is 206 g/mol. The van der Waals surface area contributed by atoms with Gasteiger partial charge in [-0.3, -0.25) is 0 Å². The van der Waals surface area contributed by atoms with Crippen LogP contribution >= 0.6 is 10.1 Å². The number of rotatable bonds is 0.